The Morgan fingerprint density at radius 1 is 1.00 bits per heavy atom. The Morgan fingerprint density at radius 2 is 1.56 bits per heavy atom. The molecule has 0 atom stereocenters. The number of hydrogen-bond donors (Lipinski definition) is 3. The van der Waals surface area contributed by atoms with Gasteiger partial charge in [-0.3, -0.25) is 0 Å². The number of carboxylic acids is 2. The Labute approximate surface area is 210 Å². The fraction of sp³-hybridized carbons (Fsp3) is 0.522. The van der Waals surface area contributed by atoms with E-state index in [2.05, 4.69) is 10.2 Å². The number of nitrogens with zero attached hydrogens (tertiary/aromatic N) is 2. The maximum Gasteiger partial charge on any atom is 0.328 e. The molecular formula is C23H33Cl2N3O6. The van der Waals surface area contributed by atoms with Crippen LogP contribution in [-0.2, 0) is 9.59 Å². The maximum absolute atomic E-state index is 12.7. The average Bonchev–Trinajstić information content (AvgIpc) is 2.75. The van der Waals surface area contributed by atoms with Gasteiger partial charge < -0.3 is 30.1 Å². The standard InChI is InChI=1S/C19H29Cl2N3O2.C4H4O4/c1-23(2)9-8-22-19(25)24(17-6-4-3-5-7-17)10-11-26-18-13-15(20)12-16(21)14-18;5-3(6)1-2-4(7)8/h12-14,17H,3-11H2,1-2H3,(H,22,25);1-2H,(H,5,6)(H,7,8). The van der Waals surface area contributed by atoms with Crippen LogP contribution < -0.4 is 10.1 Å². The smallest absolute Gasteiger partial charge is 0.328 e. The molecule has 34 heavy (non-hydrogen) atoms. The summed E-state index contributed by atoms with van der Waals surface area (Å²) in [5.74, 6) is -1.89. The molecule has 1 aliphatic carbocycles. The van der Waals surface area contributed by atoms with E-state index in [0.29, 0.717) is 47.6 Å². The molecule has 1 aromatic carbocycles. The van der Waals surface area contributed by atoms with Crippen molar-refractivity contribution in [1.82, 2.24) is 15.1 Å². The lowest BCUT2D eigenvalue weighted by Crippen LogP contribution is -2.49. The van der Waals surface area contributed by atoms with Crippen LogP contribution in [0.3, 0.4) is 0 Å². The number of halogens is 2. The number of nitrogens with one attached hydrogen (secondary N) is 1. The first-order chi connectivity index (χ1) is 16.1. The second kappa shape index (κ2) is 16.2. The minimum Gasteiger partial charge on any atom is -0.492 e. The van der Waals surface area contributed by atoms with Crippen molar-refractivity contribution < 1.29 is 29.3 Å². The Morgan fingerprint density at radius 3 is 2.06 bits per heavy atom. The van der Waals surface area contributed by atoms with Gasteiger partial charge in [0, 0.05) is 41.3 Å². The number of carboxylic acid groups (broad SMARTS) is 2. The second-order valence-corrected chi connectivity index (χ2v) is 8.86. The SMILES string of the molecule is CN(C)CCNC(=O)N(CCOc1cc(Cl)cc(Cl)c1)C1CCCCC1.O=C(O)C=CC(=O)O. The molecule has 2 rings (SSSR count). The fourth-order valence-corrected chi connectivity index (χ4v) is 3.85. The van der Waals surface area contributed by atoms with Crippen LogP contribution in [0.25, 0.3) is 0 Å². The summed E-state index contributed by atoms with van der Waals surface area (Å²) >= 11 is 12.0. The topological polar surface area (TPSA) is 119 Å². The van der Waals surface area contributed by atoms with Crippen molar-refractivity contribution in [1.29, 1.82) is 0 Å². The lowest BCUT2D eigenvalue weighted by Gasteiger charge is -2.34. The lowest BCUT2D eigenvalue weighted by molar-refractivity contribution is -0.134. The van der Waals surface area contributed by atoms with E-state index in [4.69, 9.17) is 38.2 Å². The summed E-state index contributed by atoms with van der Waals surface area (Å²) in [5.41, 5.74) is 0. The summed E-state index contributed by atoms with van der Waals surface area (Å²) in [6.07, 6.45) is 6.84. The zero-order valence-electron chi connectivity index (χ0n) is 19.5. The highest BCUT2D eigenvalue weighted by Gasteiger charge is 2.25. The molecule has 0 unspecified atom stereocenters. The third kappa shape index (κ3) is 13.3. The molecule has 0 heterocycles. The van der Waals surface area contributed by atoms with Gasteiger partial charge in [-0.15, -0.1) is 0 Å². The van der Waals surface area contributed by atoms with Gasteiger partial charge in [-0.05, 0) is 45.1 Å². The van der Waals surface area contributed by atoms with E-state index in [0.717, 1.165) is 19.4 Å². The number of urea groups is 1. The summed E-state index contributed by atoms with van der Waals surface area (Å²) in [6, 6.07) is 5.41. The van der Waals surface area contributed by atoms with Crippen LogP contribution in [0.15, 0.2) is 30.4 Å². The van der Waals surface area contributed by atoms with Crippen molar-refractivity contribution in [2.75, 3.05) is 40.3 Å². The van der Waals surface area contributed by atoms with E-state index in [1.807, 2.05) is 19.0 Å². The number of aliphatic carboxylic acids is 2. The average molecular weight is 518 g/mol. The van der Waals surface area contributed by atoms with E-state index in [1.165, 1.54) is 19.3 Å². The number of hydrogen-bond acceptors (Lipinski definition) is 5. The van der Waals surface area contributed by atoms with Crippen LogP contribution in [-0.4, -0.2) is 84.4 Å². The van der Waals surface area contributed by atoms with Crippen LogP contribution in [0.1, 0.15) is 32.1 Å². The Hall–Kier alpha value is -2.49. The number of likely N-dealkylation sites (N-methyl/N-ethyl adjacent to an activating group) is 1. The van der Waals surface area contributed by atoms with Gasteiger partial charge in [0.2, 0.25) is 0 Å². The molecule has 0 aromatic heterocycles. The molecule has 1 aliphatic rings. The number of amides is 2. The number of carbonyl (C=O) groups excluding carboxylic acids is 1. The minimum absolute atomic E-state index is 0.00789. The number of ether oxygens (including phenoxy) is 1. The van der Waals surface area contributed by atoms with E-state index in [-0.39, 0.29) is 12.1 Å². The molecule has 0 aliphatic heterocycles. The highest BCUT2D eigenvalue weighted by atomic mass is 35.5. The zero-order chi connectivity index (χ0) is 25.5. The molecule has 1 saturated carbocycles. The van der Waals surface area contributed by atoms with Crippen LogP contribution in [0, 0.1) is 0 Å². The van der Waals surface area contributed by atoms with Gasteiger partial charge in [-0.25, -0.2) is 14.4 Å². The van der Waals surface area contributed by atoms with Crippen molar-refractivity contribution in [3.05, 3.63) is 40.4 Å². The van der Waals surface area contributed by atoms with E-state index in [9.17, 15) is 14.4 Å². The van der Waals surface area contributed by atoms with E-state index < -0.39 is 11.9 Å². The highest BCUT2D eigenvalue weighted by Crippen LogP contribution is 2.25. The predicted octanol–water partition coefficient (Wildman–Crippen LogP) is 3.99. The van der Waals surface area contributed by atoms with Crippen molar-refractivity contribution in [3.63, 3.8) is 0 Å². The third-order valence-electron chi connectivity index (χ3n) is 4.92. The van der Waals surface area contributed by atoms with Gasteiger partial charge in [0.25, 0.3) is 0 Å². The summed E-state index contributed by atoms with van der Waals surface area (Å²) in [7, 11) is 3.99. The molecule has 0 spiro atoms. The fourth-order valence-electron chi connectivity index (χ4n) is 3.35. The van der Waals surface area contributed by atoms with Crippen molar-refractivity contribution in [3.8, 4) is 5.75 Å². The van der Waals surface area contributed by atoms with Gasteiger partial charge >= 0.3 is 18.0 Å². The first-order valence-corrected chi connectivity index (χ1v) is 11.8. The first-order valence-electron chi connectivity index (χ1n) is 11.0. The second-order valence-electron chi connectivity index (χ2n) is 7.98. The number of rotatable bonds is 10. The molecule has 190 valence electrons. The summed E-state index contributed by atoms with van der Waals surface area (Å²) < 4.78 is 5.78. The first kappa shape index (κ1) is 29.5. The molecule has 0 radical (unpaired) electrons. The molecule has 11 heteroatoms. The van der Waals surface area contributed by atoms with Gasteiger partial charge in [0.1, 0.15) is 12.4 Å². The molecule has 9 nitrogen and oxygen atoms in total. The van der Waals surface area contributed by atoms with Crippen molar-refractivity contribution in [2.24, 2.45) is 0 Å². The molecule has 0 saturated heterocycles. The monoisotopic (exact) mass is 517 g/mol. The van der Waals surface area contributed by atoms with Gasteiger partial charge in [-0.1, -0.05) is 42.5 Å². The Bertz CT molecular complexity index is 793. The number of benzene rings is 1. The zero-order valence-corrected chi connectivity index (χ0v) is 21.0. The molecule has 0 bridgehead atoms. The quantitative estimate of drug-likeness (QED) is 0.401. The van der Waals surface area contributed by atoms with Crippen molar-refractivity contribution >= 4 is 41.2 Å². The normalized spacial score (nSPS) is 13.8. The molecule has 2 amide bonds. The maximum atomic E-state index is 12.7. The van der Waals surface area contributed by atoms with Crippen LogP contribution in [0.4, 0.5) is 4.79 Å². The third-order valence-corrected chi connectivity index (χ3v) is 5.35. The van der Waals surface area contributed by atoms with Gasteiger partial charge in [0.05, 0.1) is 6.54 Å². The molecule has 1 fully saturated rings. The highest BCUT2D eigenvalue weighted by molar-refractivity contribution is 6.34. The minimum atomic E-state index is -1.26. The largest absolute Gasteiger partial charge is 0.492 e. The van der Waals surface area contributed by atoms with Crippen molar-refractivity contribution in [2.45, 2.75) is 38.1 Å². The summed E-state index contributed by atoms with van der Waals surface area (Å²) in [5, 5.41) is 19.7. The van der Waals surface area contributed by atoms with Gasteiger partial charge in [0.15, 0.2) is 0 Å². The van der Waals surface area contributed by atoms with E-state index in [1.54, 1.807) is 18.2 Å². The van der Waals surface area contributed by atoms with Crippen LogP contribution in [0.5, 0.6) is 5.75 Å². The molecular weight excluding hydrogens is 485 g/mol. The summed E-state index contributed by atoms with van der Waals surface area (Å²) in [6.45, 7) is 2.42. The lowest BCUT2D eigenvalue weighted by atomic mass is 9.94. The Balaban J connectivity index is 0.000000620. The van der Waals surface area contributed by atoms with Crippen LogP contribution in [0.2, 0.25) is 10.0 Å². The van der Waals surface area contributed by atoms with Gasteiger partial charge in [-0.2, -0.15) is 0 Å². The van der Waals surface area contributed by atoms with Crippen LogP contribution >= 0.6 is 23.2 Å². The molecule has 1 aromatic rings. The van der Waals surface area contributed by atoms with E-state index >= 15 is 0 Å². The predicted molar refractivity (Wildman–Crippen MR) is 132 cm³/mol. The number of carbonyl (C=O) groups is 3. The molecule has 3 N–H and O–H groups in total. The summed E-state index contributed by atoms with van der Waals surface area (Å²) in [4.78, 5) is 35.8. The Kier molecular flexibility index (Phi) is 14.1.